The lowest BCUT2D eigenvalue weighted by Gasteiger charge is -2.36. The van der Waals surface area contributed by atoms with Crippen LogP contribution in [-0.4, -0.2) is 65.2 Å². The van der Waals surface area contributed by atoms with Crippen LogP contribution >= 0.6 is 0 Å². The summed E-state index contributed by atoms with van der Waals surface area (Å²) in [5.74, 6) is -0.351. The Morgan fingerprint density at radius 2 is 1.56 bits per heavy atom. The Bertz CT molecular complexity index is 691. The van der Waals surface area contributed by atoms with Crippen molar-refractivity contribution in [3.63, 3.8) is 0 Å². The molecular weight excluding hydrogens is 344 g/mol. The lowest BCUT2D eigenvalue weighted by atomic mass is 9.81. The Balaban J connectivity index is 1.28. The minimum atomic E-state index is -0.134. The molecule has 144 valence electrons. The van der Waals surface area contributed by atoms with Crippen molar-refractivity contribution >= 4 is 23.4 Å². The number of piperazine rings is 1. The molecule has 1 aliphatic carbocycles. The van der Waals surface area contributed by atoms with E-state index in [1.807, 2.05) is 17.0 Å². The number of amides is 3. The van der Waals surface area contributed by atoms with Crippen LogP contribution in [0.4, 0.5) is 5.69 Å². The van der Waals surface area contributed by atoms with Gasteiger partial charge >= 0.3 is 0 Å². The highest BCUT2D eigenvalue weighted by Crippen LogP contribution is 2.38. The maximum Gasteiger partial charge on any atom is 0.233 e. The minimum absolute atomic E-state index is 0.0276. The molecular formula is C20H26N4O3. The molecule has 0 radical (unpaired) electrons. The second-order valence-corrected chi connectivity index (χ2v) is 7.65. The first-order valence-electron chi connectivity index (χ1n) is 9.93. The van der Waals surface area contributed by atoms with E-state index >= 15 is 0 Å². The van der Waals surface area contributed by atoms with Crippen molar-refractivity contribution in [2.45, 2.75) is 32.1 Å². The number of aromatic nitrogens is 1. The molecule has 7 heteroatoms. The van der Waals surface area contributed by atoms with Gasteiger partial charge in [-0.15, -0.1) is 0 Å². The number of rotatable bonds is 4. The normalized spacial score (nSPS) is 25.7. The second kappa shape index (κ2) is 7.66. The Hall–Kier alpha value is -2.44. The number of hydrogen-bond acceptors (Lipinski definition) is 5. The molecule has 0 unspecified atom stereocenters. The predicted octanol–water partition coefficient (Wildman–Crippen LogP) is 1.30. The Kier molecular flexibility index (Phi) is 5.09. The minimum Gasteiger partial charge on any atom is -0.368 e. The van der Waals surface area contributed by atoms with Gasteiger partial charge in [0.25, 0.3) is 0 Å². The second-order valence-electron chi connectivity index (χ2n) is 7.65. The van der Waals surface area contributed by atoms with E-state index < -0.39 is 0 Å². The van der Waals surface area contributed by atoms with Gasteiger partial charge in [0.15, 0.2) is 0 Å². The maximum atomic E-state index is 12.6. The molecule has 0 bridgehead atoms. The van der Waals surface area contributed by atoms with Gasteiger partial charge in [-0.2, -0.15) is 0 Å². The first kappa shape index (κ1) is 17.9. The third-order valence-electron chi connectivity index (χ3n) is 6.14. The van der Waals surface area contributed by atoms with E-state index in [9.17, 15) is 14.4 Å². The molecule has 1 aromatic rings. The van der Waals surface area contributed by atoms with E-state index in [1.54, 1.807) is 12.4 Å². The maximum absolute atomic E-state index is 12.6. The standard InChI is InChI=1S/C20H26N4O3/c25-18(23-13-11-22(12-14-23)15-5-8-21-9-6-15)7-10-24-19(26)16-3-1-2-4-17(16)20(24)27/h5-6,8-9,16-17H,1-4,7,10-14H2/t16-,17-/m0/s1. The van der Waals surface area contributed by atoms with E-state index in [4.69, 9.17) is 0 Å². The van der Waals surface area contributed by atoms with Crippen molar-refractivity contribution in [2.24, 2.45) is 11.8 Å². The monoisotopic (exact) mass is 370 g/mol. The molecule has 0 spiro atoms. The summed E-state index contributed by atoms with van der Waals surface area (Å²) in [6.07, 6.45) is 7.45. The van der Waals surface area contributed by atoms with Crippen LogP contribution in [0.1, 0.15) is 32.1 Å². The summed E-state index contributed by atoms with van der Waals surface area (Å²) < 4.78 is 0. The van der Waals surface area contributed by atoms with Crippen LogP contribution in [0, 0.1) is 11.8 Å². The molecule has 3 aliphatic rings. The summed E-state index contributed by atoms with van der Waals surface area (Å²) in [5.41, 5.74) is 1.12. The molecule has 0 N–H and O–H groups in total. The van der Waals surface area contributed by atoms with Crippen LogP contribution in [0.5, 0.6) is 0 Å². The van der Waals surface area contributed by atoms with Crippen LogP contribution in [0.2, 0.25) is 0 Å². The first-order valence-corrected chi connectivity index (χ1v) is 9.93. The van der Waals surface area contributed by atoms with E-state index in [0.717, 1.165) is 44.5 Å². The summed E-state index contributed by atoms with van der Waals surface area (Å²) in [7, 11) is 0. The summed E-state index contributed by atoms with van der Waals surface area (Å²) in [6.45, 7) is 3.11. The van der Waals surface area contributed by atoms with E-state index in [0.29, 0.717) is 13.1 Å². The van der Waals surface area contributed by atoms with Gasteiger partial charge in [-0.1, -0.05) is 12.8 Å². The molecule has 0 aromatic carbocycles. The van der Waals surface area contributed by atoms with Gasteiger partial charge in [0.1, 0.15) is 0 Å². The zero-order valence-electron chi connectivity index (χ0n) is 15.5. The number of hydrogen-bond donors (Lipinski definition) is 0. The molecule has 2 aliphatic heterocycles. The van der Waals surface area contributed by atoms with Gasteiger partial charge in [-0.05, 0) is 25.0 Å². The molecule has 2 saturated heterocycles. The smallest absolute Gasteiger partial charge is 0.233 e. The lowest BCUT2D eigenvalue weighted by molar-refractivity contribution is -0.140. The van der Waals surface area contributed by atoms with Crippen molar-refractivity contribution in [1.82, 2.24) is 14.8 Å². The third-order valence-corrected chi connectivity index (χ3v) is 6.14. The number of likely N-dealkylation sites (tertiary alicyclic amines) is 1. The number of fused-ring (bicyclic) bond motifs is 1. The van der Waals surface area contributed by atoms with Gasteiger partial charge < -0.3 is 9.80 Å². The van der Waals surface area contributed by atoms with E-state index in [1.165, 1.54) is 4.90 Å². The summed E-state index contributed by atoms with van der Waals surface area (Å²) in [5, 5.41) is 0. The molecule has 4 rings (SSSR count). The number of carbonyl (C=O) groups is 3. The lowest BCUT2D eigenvalue weighted by Crippen LogP contribution is -2.49. The Morgan fingerprint density at radius 1 is 0.963 bits per heavy atom. The number of carbonyl (C=O) groups excluding carboxylic acids is 3. The largest absolute Gasteiger partial charge is 0.368 e. The topological polar surface area (TPSA) is 73.8 Å². The first-order chi connectivity index (χ1) is 13.1. The fourth-order valence-electron chi connectivity index (χ4n) is 4.59. The average Bonchev–Trinajstić information content (AvgIpc) is 2.97. The zero-order chi connectivity index (χ0) is 18.8. The highest BCUT2D eigenvalue weighted by atomic mass is 16.2. The highest BCUT2D eigenvalue weighted by molar-refractivity contribution is 6.05. The molecule has 1 aromatic heterocycles. The van der Waals surface area contributed by atoms with Gasteiger partial charge in [0.2, 0.25) is 17.7 Å². The van der Waals surface area contributed by atoms with Crippen molar-refractivity contribution in [3.8, 4) is 0 Å². The van der Waals surface area contributed by atoms with Crippen molar-refractivity contribution in [3.05, 3.63) is 24.5 Å². The van der Waals surface area contributed by atoms with Crippen LogP contribution in [0.15, 0.2) is 24.5 Å². The van der Waals surface area contributed by atoms with Gasteiger partial charge in [0, 0.05) is 57.2 Å². The van der Waals surface area contributed by atoms with Crippen molar-refractivity contribution < 1.29 is 14.4 Å². The fraction of sp³-hybridized carbons (Fsp3) is 0.600. The van der Waals surface area contributed by atoms with Crippen LogP contribution in [-0.2, 0) is 14.4 Å². The molecule has 1 saturated carbocycles. The number of imide groups is 1. The number of nitrogens with zero attached hydrogens (tertiary/aromatic N) is 4. The third kappa shape index (κ3) is 3.55. The highest BCUT2D eigenvalue weighted by Gasteiger charge is 2.47. The predicted molar refractivity (Wildman–Crippen MR) is 99.8 cm³/mol. The van der Waals surface area contributed by atoms with Gasteiger partial charge in [-0.25, -0.2) is 0 Å². The molecule has 7 nitrogen and oxygen atoms in total. The number of pyridine rings is 1. The zero-order valence-corrected chi connectivity index (χ0v) is 15.5. The molecule has 3 heterocycles. The Labute approximate surface area is 159 Å². The summed E-state index contributed by atoms with van der Waals surface area (Å²) in [6, 6.07) is 3.95. The van der Waals surface area contributed by atoms with Gasteiger partial charge in [-0.3, -0.25) is 24.3 Å². The quantitative estimate of drug-likeness (QED) is 0.747. The van der Waals surface area contributed by atoms with Crippen LogP contribution in [0.3, 0.4) is 0 Å². The van der Waals surface area contributed by atoms with Gasteiger partial charge in [0.05, 0.1) is 11.8 Å². The SMILES string of the molecule is O=C(CCN1C(=O)[C@H]2CCCC[C@@H]2C1=O)N1CCN(c2ccncc2)CC1. The summed E-state index contributed by atoms with van der Waals surface area (Å²) in [4.78, 5) is 47.1. The van der Waals surface area contributed by atoms with E-state index in [-0.39, 0.29) is 42.5 Å². The molecule has 27 heavy (non-hydrogen) atoms. The molecule has 2 atom stereocenters. The van der Waals surface area contributed by atoms with E-state index in [2.05, 4.69) is 9.88 Å². The van der Waals surface area contributed by atoms with Crippen LogP contribution < -0.4 is 4.90 Å². The van der Waals surface area contributed by atoms with Crippen molar-refractivity contribution in [2.75, 3.05) is 37.6 Å². The van der Waals surface area contributed by atoms with Crippen LogP contribution in [0.25, 0.3) is 0 Å². The summed E-state index contributed by atoms with van der Waals surface area (Å²) >= 11 is 0. The van der Waals surface area contributed by atoms with Crippen molar-refractivity contribution in [1.29, 1.82) is 0 Å². The number of anilines is 1. The molecule has 3 fully saturated rings. The average molecular weight is 370 g/mol. The fourth-order valence-corrected chi connectivity index (χ4v) is 4.59. The Morgan fingerprint density at radius 3 is 2.15 bits per heavy atom. The molecule has 3 amide bonds.